The summed E-state index contributed by atoms with van der Waals surface area (Å²) in [6, 6.07) is 5.75. The third-order valence-corrected chi connectivity index (χ3v) is 2.52. The molecule has 3 nitrogen and oxygen atoms in total. The van der Waals surface area contributed by atoms with E-state index in [1.165, 1.54) is 0 Å². The van der Waals surface area contributed by atoms with E-state index in [-0.39, 0.29) is 11.9 Å². The van der Waals surface area contributed by atoms with Crippen LogP contribution in [0.5, 0.6) is 0 Å². The second-order valence-corrected chi connectivity index (χ2v) is 4.41. The maximum Gasteiger partial charge on any atom is 0.241 e. The van der Waals surface area contributed by atoms with Crippen molar-refractivity contribution in [3.8, 4) is 0 Å². The normalized spacial score (nSPS) is 12.0. The van der Waals surface area contributed by atoms with Crippen LogP contribution in [-0.4, -0.2) is 19.0 Å². The SMILES string of the molecule is CNC(=O)C(C)Nc1cc(C)cc(Br)c1. The molecule has 1 atom stereocenters. The van der Waals surface area contributed by atoms with Crippen molar-refractivity contribution in [3.05, 3.63) is 28.2 Å². The smallest absolute Gasteiger partial charge is 0.241 e. The predicted molar refractivity (Wildman–Crippen MR) is 66.0 cm³/mol. The van der Waals surface area contributed by atoms with E-state index < -0.39 is 0 Å². The average Bonchev–Trinajstić information content (AvgIpc) is 2.14. The monoisotopic (exact) mass is 270 g/mol. The van der Waals surface area contributed by atoms with Crippen LogP contribution in [0.15, 0.2) is 22.7 Å². The van der Waals surface area contributed by atoms with E-state index in [0.29, 0.717) is 0 Å². The molecule has 4 heteroatoms. The minimum absolute atomic E-state index is 0.0207. The van der Waals surface area contributed by atoms with E-state index in [1.807, 2.05) is 32.0 Å². The highest BCUT2D eigenvalue weighted by Crippen LogP contribution is 2.19. The number of rotatable bonds is 3. The number of carbonyl (C=O) groups is 1. The van der Waals surface area contributed by atoms with Crippen molar-refractivity contribution in [2.24, 2.45) is 0 Å². The lowest BCUT2D eigenvalue weighted by molar-refractivity contribution is -0.121. The summed E-state index contributed by atoms with van der Waals surface area (Å²) in [6.07, 6.45) is 0. The van der Waals surface area contributed by atoms with Gasteiger partial charge in [-0.2, -0.15) is 0 Å². The lowest BCUT2D eigenvalue weighted by Crippen LogP contribution is -2.35. The predicted octanol–water partition coefficient (Wildman–Crippen LogP) is 2.30. The standard InChI is InChI=1S/C11H15BrN2O/c1-7-4-9(12)6-10(5-7)14-8(2)11(15)13-3/h4-6,8,14H,1-3H3,(H,13,15). The molecule has 1 aromatic carbocycles. The lowest BCUT2D eigenvalue weighted by atomic mass is 10.2. The first kappa shape index (κ1) is 12.0. The number of nitrogens with one attached hydrogen (secondary N) is 2. The first-order valence-electron chi connectivity index (χ1n) is 4.78. The number of hydrogen-bond acceptors (Lipinski definition) is 2. The summed E-state index contributed by atoms with van der Waals surface area (Å²) in [6.45, 7) is 3.84. The van der Waals surface area contributed by atoms with E-state index in [1.54, 1.807) is 7.05 Å². The van der Waals surface area contributed by atoms with Crippen molar-refractivity contribution in [3.63, 3.8) is 0 Å². The van der Waals surface area contributed by atoms with E-state index in [9.17, 15) is 4.79 Å². The molecule has 0 bridgehead atoms. The van der Waals surface area contributed by atoms with Crippen LogP contribution in [-0.2, 0) is 4.79 Å². The number of carbonyl (C=O) groups excluding carboxylic acids is 1. The van der Waals surface area contributed by atoms with Gasteiger partial charge in [0, 0.05) is 17.2 Å². The number of aryl methyl sites for hydroxylation is 1. The fourth-order valence-corrected chi connectivity index (χ4v) is 1.96. The van der Waals surface area contributed by atoms with Crippen LogP contribution in [0.3, 0.4) is 0 Å². The Labute approximate surface area is 98.4 Å². The number of anilines is 1. The highest BCUT2D eigenvalue weighted by Gasteiger charge is 2.10. The van der Waals surface area contributed by atoms with Crippen LogP contribution < -0.4 is 10.6 Å². The summed E-state index contributed by atoms with van der Waals surface area (Å²) in [5.74, 6) is -0.0207. The molecule has 0 aromatic heterocycles. The molecule has 1 aromatic rings. The van der Waals surface area contributed by atoms with Crippen LogP contribution in [0.1, 0.15) is 12.5 Å². The molecule has 0 fully saturated rings. The van der Waals surface area contributed by atoms with Crippen molar-refractivity contribution in [1.29, 1.82) is 0 Å². The zero-order valence-corrected chi connectivity index (χ0v) is 10.7. The Bertz CT molecular complexity index is 345. The van der Waals surface area contributed by atoms with Crippen LogP contribution in [0.2, 0.25) is 0 Å². The number of amides is 1. The van der Waals surface area contributed by atoms with Gasteiger partial charge in [-0.1, -0.05) is 15.9 Å². The van der Waals surface area contributed by atoms with Gasteiger partial charge in [-0.25, -0.2) is 0 Å². The highest BCUT2D eigenvalue weighted by atomic mass is 79.9. The molecule has 0 aliphatic carbocycles. The van der Waals surface area contributed by atoms with E-state index in [4.69, 9.17) is 0 Å². The molecule has 0 aliphatic heterocycles. The van der Waals surface area contributed by atoms with Crippen molar-refractivity contribution in [2.45, 2.75) is 19.9 Å². The van der Waals surface area contributed by atoms with Gasteiger partial charge in [0.2, 0.25) is 5.91 Å². The van der Waals surface area contributed by atoms with E-state index >= 15 is 0 Å². The van der Waals surface area contributed by atoms with Gasteiger partial charge in [-0.15, -0.1) is 0 Å². The van der Waals surface area contributed by atoms with E-state index in [2.05, 4.69) is 26.6 Å². The summed E-state index contributed by atoms with van der Waals surface area (Å²) < 4.78 is 1.01. The molecule has 0 spiro atoms. The summed E-state index contributed by atoms with van der Waals surface area (Å²) in [5.41, 5.74) is 2.09. The van der Waals surface area contributed by atoms with Gasteiger partial charge in [0.25, 0.3) is 0 Å². The Hall–Kier alpha value is -1.03. The minimum atomic E-state index is -0.233. The number of likely N-dealkylation sites (N-methyl/N-ethyl adjacent to an activating group) is 1. The van der Waals surface area contributed by atoms with Crippen LogP contribution in [0.25, 0.3) is 0 Å². The van der Waals surface area contributed by atoms with Crippen LogP contribution >= 0.6 is 15.9 Å². The Morgan fingerprint density at radius 3 is 2.60 bits per heavy atom. The Morgan fingerprint density at radius 1 is 1.40 bits per heavy atom. The number of hydrogen-bond donors (Lipinski definition) is 2. The van der Waals surface area contributed by atoms with Crippen molar-refractivity contribution >= 4 is 27.5 Å². The fourth-order valence-electron chi connectivity index (χ4n) is 1.35. The molecule has 0 saturated heterocycles. The largest absolute Gasteiger partial charge is 0.374 e. The molecule has 0 saturated carbocycles. The third-order valence-electron chi connectivity index (χ3n) is 2.06. The van der Waals surface area contributed by atoms with Gasteiger partial charge < -0.3 is 10.6 Å². The Balaban J connectivity index is 2.76. The molecule has 82 valence electrons. The summed E-state index contributed by atoms with van der Waals surface area (Å²) in [5, 5.41) is 5.73. The van der Waals surface area contributed by atoms with Gasteiger partial charge in [0.1, 0.15) is 6.04 Å². The van der Waals surface area contributed by atoms with Crippen molar-refractivity contribution < 1.29 is 4.79 Å². The first-order valence-corrected chi connectivity index (χ1v) is 5.57. The number of halogens is 1. The fraction of sp³-hybridized carbons (Fsp3) is 0.364. The molecule has 2 N–H and O–H groups in total. The maximum absolute atomic E-state index is 11.3. The summed E-state index contributed by atoms with van der Waals surface area (Å²) in [7, 11) is 1.63. The maximum atomic E-state index is 11.3. The molecule has 1 unspecified atom stereocenters. The molecule has 1 rings (SSSR count). The molecule has 0 heterocycles. The zero-order valence-electron chi connectivity index (χ0n) is 9.10. The molecule has 0 radical (unpaired) electrons. The second-order valence-electron chi connectivity index (χ2n) is 3.50. The van der Waals surface area contributed by atoms with Gasteiger partial charge >= 0.3 is 0 Å². The van der Waals surface area contributed by atoms with Crippen molar-refractivity contribution in [1.82, 2.24) is 5.32 Å². The minimum Gasteiger partial charge on any atom is -0.374 e. The molecule has 15 heavy (non-hydrogen) atoms. The molecular weight excluding hydrogens is 256 g/mol. The first-order chi connectivity index (χ1) is 7.02. The van der Waals surface area contributed by atoms with Crippen LogP contribution in [0, 0.1) is 6.92 Å². The highest BCUT2D eigenvalue weighted by molar-refractivity contribution is 9.10. The topological polar surface area (TPSA) is 41.1 Å². The van der Waals surface area contributed by atoms with Gasteiger partial charge in [-0.05, 0) is 37.6 Å². The van der Waals surface area contributed by atoms with Crippen LogP contribution in [0.4, 0.5) is 5.69 Å². The number of benzene rings is 1. The molecule has 0 aliphatic rings. The zero-order chi connectivity index (χ0) is 11.4. The lowest BCUT2D eigenvalue weighted by Gasteiger charge is -2.14. The summed E-state index contributed by atoms with van der Waals surface area (Å²) in [4.78, 5) is 11.3. The Kier molecular flexibility index (Phi) is 4.15. The average molecular weight is 271 g/mol. The molecular formula is C11H15BrN2O. The summed E-state index contributed by atoms with van der Waals surface area (Å²) >= 11 is 3.42. The van der Waals surface area contributed by atoms with Gasteiger partial charge in [0.05, 0.1) is 0 Å². The van der Waals surface area contributed by atoms with Gasteiger partial charge in [0.15, 0.2) is 0 Å². The van der Waals surface area contributed by atoms with E-state index in [0.717, 1.165) is 15.7 Å². The van der Waals surface area contributed by atoms with Gasteiger partial charge in [-0.3, -0.25) is 4.79 Å². The van der Waals surface area contributed by atoms with Crippen molar-refractivity contribution in [2.75, 3.05) is 12.4 Å². The quantitative estimate of drug-likeness (QED) is 0.885. The third kappa shape index (κ3) is 3.55. The molecule has 1 amide bonds. The second kappa shape index (κ2) is 5.16. The Morgan fingerprint density at radius 2 is 2.07 bits per heavy atom.